The second-order valence-electron chi connectivity index (χ2n) is 8.53. The summed E-state index contributed by atoms with van der Waals surface area (Å²) in [7, 11) is 0. The molecule has 0 spiro atoms. The molecule has 0 atom stereocenters. The van der Waals surface area contributed by atoms with Gasteiger partial charge in [0.15, 0.2) is 0 Å². The molecule has 5 nitrogen and oxygen atoms in total. The molecule has 0 bridgehead atoms. The summed E-state index contributed by atoms with van der Waals surface area (Å²) in [4.78, 5) is 19.8. The first-order valence-corrected chi connectivity index (χ1v) is 11.4. The number of hydrogen-bond donors (Lipinski definition) is 1. The molecule has 2 heterocycles. The standard InChI is InChI=1S/C25H34N4O/c30-25(26-23-10-12-24(13-11-23)29-16-5-2-6-17-29)21-28-15-7-14-27(18-19-28)20-22-8-3-1-4-9-22/h1,3-4,8-13H,2,5-7,14-21H2,(H,26,30). The molecule has 2 aromatic rings. The van der Waals surface area contributed by atoms with Crippen LogP contribution in [0.15, 0.2) is 54.6 Å². The van der Waals surface area contributed by atoms with Gasteiger partial charge in [0.1, 0.15) is 0 Å². The number of nitrogens with one attached hydrogen (secondary N) is 1. The quantitative estimate of drug-likeness (QED) is 0.792. The van der Waals surface area contributed by atoms with Gasteiger partial charge in [0.05, 0.1) is 6.54 Å². The predicted molar refractivity (Wildman–Crippen MR) is 124 cm³/mol. The van der Waals surface area contributed by atoms with Gasteiger partial charge in [-0.05, 0) is 68.6 Å². The molecule has 2 aliphatic rings. The number of hydrogen-bond acceptors (Lipinski definition) is 4. The second-order valence-corrected chi connectivity index (χ2v) is 8.53. The Balaban J connectivity index is 1.23. The van der Waals surface area contributed by atoms with E-state index < -0.39 is 0 Å². The van der Waals surface area contributed by atoms with Gasteiger partial charge in [-0.1, -0.05) is 30.3 Å². The average molecular weight is 407 g/mol. The van der Waals surface area contributed by atoms with Gasteiger partial charge >= 0.3 is 0 Å². The van der Waals surface area contributed by atoms with E-state index in [0.29, 0.717) is 6.54 Å². The Bertz CT molecular complexity index is 787. The molecule has 30 heavy (non-hydrogen) atoms. The Kier molecular flexibility index (Phi) is 7.38. The number of rotatable bonds is 6. The van der Waals surface area contributed by atoms with Crippen LogP contribution < -0.4 is 10.2 Å². The van der Waals surface area contributed by atoms with E-state index in [1.54, 1.807) is 0 Å². The summed E-state index contributed by atoms with van der Waals surface area (Å²) in [5, 5.41) is 3.08. The van der Waals surface area contributed by atoms with Crippen LogP contribution in [0.3, 0.4) is 0 Å². The minimum absolute atomic E-state index is 0.0808. The topological polar surface area (TPSA) is 38.8 Å². The first-order chi connectivity index (χ1) is 14.8. The Hall–Kier alpha value is -2.37. The van der Waals surface area contributed by atoms with E-state index in [4.69, 9.17) is 0 Å². The third-order valence-electron chi connectivity index (χ3n) is 6.17. The SMILES string of the molecule is O=C(CN1CCCN(Cc2ccccc2)CC1)Nc1ccc(N2CCCCC2)cc1. The van der Waals surface area contributed by atoms with Crippen molar-refractivity contribution < 1.29 is 4.79 Å². The number of piperidine rings is 1. The fraction of sp³-hybridized carbons (Fsp3) is 0.480. The molecule has 0 aliphatic carbocycles. The molecule has 4 rings (SSSR count). The zero-order valence-corrected chi connectivity index (χ0v) is 17.9. The van der Waals surface area contributed by atoms with E-state index in [2.05, 4.69) is 62.5 Å². The summed E-state index contributed by atoms with van der Waals surface area (Å²) in [5.41, 5.74) is 3.51. The summed E-state index contributed by atoms with van der Waals surface area (Å²) in [6.45, 7) is 7.75. The predicted octanol–water partition coefficient (Wildman–Crippen LogP) is 3.82. The zero-order chi connectivity index (χ0) is 20.6. The average Bonchev–Trinajstić information content (AvgIpc) is 3.00. The third-order valence-corrected chi connectivity index (χ3v) is 6.17. The highest BCUT2D eigenvalue weighted by Gasteiger charge is 2.17. The lowest BCUT2D eigenvalue weighted by molar-refractivity contribution is -0.117. The van der Waals surface area contributed by atoms with Gasteiger partial charge in [-0.15, -0.1) is 0 Å². The van der Waals surface area contributed by atoms with Crippen LogP contribution in [0.4, 0.5) is 11.4 Å². The highest BCUT2D eigenvalue weighted by atomic mass is 16.2. The molecule has 1 amide bonds. The van der Waals surface area contributed by atoms with Gasteiger partial charge in [0.2, 0.25) is 5.91 Å². The molecule has 2 saturated heterocycles. The molecule has 160 valence electrons. The van der Waals surface area contributed by atoms with E-state index in [0.717, 1.165) is 57.9 Å². The minimum Gasteiger partial charge on any atom is -0.372 e. The summed E-state index contributed by atoms with van der Waals surface area (Å²) in [5.74, 6) is 0.0808. The molecule has 0 radical (unpaired) electrons. The van der Waals surface area contributed by atoms with Gasteiger partial charge in [-0.3, -0.25) is 14.6 Å². The highest BCUT2D eigenvalue weighted by Crippen LogP contribution is 2.21. The molecule has 0 saturated carbocycles. The monoisotopic (exact) mass is 406 g/mol. The smallest absolute Gasteiger partial charge is 0.238 e. The number of amides is 1. The fourth-order valence-electron chi connectivity index (χ4n) is 4.49. The normalized spacial score (nSPS) is 18.7. The number of anilines is 2. The van der Waals surface area contributed by atoms with Crippen molar-refractivity contribution in [1.82, 2.24) is 9.80 Å². The lowest BCUT2D eigenvalue weighted by Crippen LogP contribution is -2.36. The molecular weight excluding hydrogens is 372 g/mol. The Labute approximate surface area is 180 Å². The van der Waals surface area contributed by atoms with E-state index in [9.17, 15) is 4.79 Å². The zero-order valence-electron chi connectivity index (χ0n) is 17.9. The number of benzene rings is 2. The van der Waals surface area contributed by atoms with E-state index in [1.807, 2.05) is 12.1 Å². The van der Waals surface area contributed by atoms with Crippen molar-refractivity contribution in [2.45, 2.75) is 32.2 Å². The first kappa shape index (κ1) is 20.9. The van der Waals surface area contributed by atoms with E-state index in [1.165, 1.54) is 30.5 Å². The van der Waals surface area contributed by atoms with Crippen molar-refractivity contribution in [3.05, 3.63) is 60.2 Å². The van der Waals surface area contributed by atoms with Crippen LogP contribution in [0, 0.1) is 0 Å². The molecule has 5 heteroatoms. The maximum absolute atomic E-state index is 12.6. The van der Waals surface area contributed by atoms with Crippen molar-refractivity contribution in [1.29, 1.82) is 0 Å². The molecule has 2 aliphatic heterocycles. The first-order valence-electron chi connectivity index (χ1n) is 11.4. The van der Waals surface area contributed by atoms with Crippen LogP contribution in [-0.2, 0) is 11.3 Å². The number of nitrogens with zero attached hydrogens (tertiary/aromatic N) is 3. The van der Waals surface area contributed by atoms with Crippen molar-refractivity contribution in [3.63, 3.8) is 0 Å². The van der Waals surface area contributed by atoms with E-state index >= 15 is 0 Å². The maximum atomic E-state index is 12.6. The van der Waals surface area contributed by atoms with Crippen molar-refractivity contribution in [2.24, 2.45) is 0 Å². The largest absolute Gasteiger partial charge is 0.372 e. The molecule has 0 unspecified atom stereocenters. The van der Waals surface area contributed by atoms with Gasteiger partial charge < -0.3 is 10.2 Å². The summed E-state index contributed by atoms with van der Waals surface area (Å²) >= 11 is 0. The lowest BCUT2D eigenvalue weighted by atomic mass is 10.1. The molecule has 2 fully saturated rings. The lowest BCUT2D eigenvalue weighted by Gasteiger charge is -2.28. The second kappa shape index (κ2) is 10.6. The maximum Gasteiger partial charge on any atom is 0.238 e. The van der Waals surface area contributed by atoms with Gasteiger partial charge in [0, 0.05) is 44.1 Å². The minimum atomic E-state index is 0.0808. The van der Waals surface area contributed by atoms with Gasteiger partial charge in [0.25, 0.3) is 0 Å². The highest BCUT2D eigenvalue weighted by molar-refractivity contribution is 5.92. The van der Waals surface area contributed by atoms with E-state index in [-0.39, 0.29) is 5.91 Å². The van der Waals surface area contributed by atoms with Crippen LogP contribution in [0.25, 0.3) is 0 Å². The van der Waals surface area contributed by atoms with Crippen molar-refractivity contribution in [2.75, 3.05) is 56.0 Å². The van der Waals surface area contributed by atoms with Gasteiger partial charge in [-0.2, -0.15) is 0 Å². The molecule has 2 aromatic carbocycles. The van der Waals surface area contributed by atoms with Crippen LogP contribution in [0.1, 0.15) is 31.2 Å². The molecular formula is C25H34N4O. The number of carbonyl (C=O) groups excluding carboxylic acids is 1. The third kappa shape index (κ3) is 6.07. The summed E-state index contributed by atoms with van der Waals surface area (Å²) in [6, 6.07) is 19.0. The van der Waals surface area contributed by atoms with Crippen LogP contribution in [0.5, 0.6) is 0 Å². The summed E-state index contributed by atoms with van der Waals surface area (Å²) in [6.07, 6.45) is 4.99. The van der Waals surface area contributed by atoms with Crippen molar-refractivity contribution in [3.8, 4) is 0 Å². The Morgan fingerprint density at radius 2 is 1.43 bits per heavy atom. The Morgan fingerprint density at radius 1 is 0.733 bits per heavy atom. The fourth-order valence-corrected chi connectivity index (χ4v) is 4.49. The Morgan fingerprint density at radius 3 is 2.20 bits per heavy atom. The molecule has 0 aromatic heterocycles. The van der Waals surface area contributed by atoms with Crippen LogP contribution >= 0.6 is 0 Å². The van der Waals surface area contributed by atoms with Crippen LogP contribution in [-0.4, -0.2) is 61.5 Å². The molecule has 1 N–H and O–H groups in total. The van der Waals surface area contributed by atoms with Crippen LogP contribution in [0.2, 0.25) is 0 Å². The van der Waals surface area contributed by atoms with Gasteiger partial charge in [-0.25, -0.2) is 0 Å². The van der Waals surface area contributed by atoms with Crippen molar-refractivity contribution >= 4 is 17.3 Å². The summed E-state index contributed by atoms with van der Waals surface area (Å²) < 4.78 is 0. The number of carbonyl (C=O) groups is 1.